The van der Waals surface area contributed by atoms with Gasteiger partial charge in [0, 0.05) is 25.7 Å². The molecule has 12 nitrogen and oxygen atoms in total. The van der Waals surface area contributed by atoms with Gasteiger partial charge in [-0.05, 0) is 80.3 Å². The first-order chi connectivity index (χ1) is 23.3. The fraction of sp³-hybridized carbons (Fsp3) is 0.455. The van der Waals surface area contributed by atoms with E-state index in [1.807, 2.05) is 6.07 Å². The first-order valence-electron chi connectivity index (χ1n) is 16.0. The highest BCUT2D eigenvalue weighted by atomic mass is 31.2. The first kappa shape index (κ1) is 36.1. The Morgan fingerprint density at radius 3 is 2.35 bits per heavy atom. The summed E-state index contributed by atoms with van der Waals surface area (Å²) in [5.74, 6) is -1.17. The number of rotatable bonds is 13. The lowest BCUT2D eigenvalue weighted by Crippen LogP contribution is -2.27. The van der Waals surface area contributed by atoms with Gasteiger partial charge in [-0.2, -0.15) is 18.2 Å². The largest absolute Gasteiger partial charge is 0.495 e. The molecule has 2 heterocycles. The Morgan fingerprint density at radius 2 is 1.73 bits per heavy atom. The van der Waals surface area contributed by atoms with Crippen LogP contribution in [0.15, 0.2) is 36.5 Å². The molecule has 0 radical (unpaired) electrons. The third-order valence-electron chi connectivity index (χ3n) is 8.76. The molecule has 4 N–H and O–H groups in total. The van der Waals surface area contributed by atoms with E-state index in [0.717, 1.165) is 11.1 Å². The van der Waals surface area contributed by atoms with Crippen LogP contribution in [0.5, 0.6) is 5.75 Å². The number of fused-ring (bicyclic) bond motifs is 1. The third-order valence-corrected chi connectivity index (χ3v) is 10.8. The number of nitrogens with one attached hydrogen (secondary N) is 2. The standard InChI is InChI=1S/C33H40F3N6O6P/c1-5-47-49(45,48-6-2)18-19-7-13-25(27(15-19)46-4)40-32-38-16-24(33(34,35)36)30(41-32)39-26-14-12-22(23-17-42(3)31(44)28(23)26)20-8-10-21(11-9-20)29(37)43/h7,12-16,20-21H,5-6,8-11,17-18H2,1-4H3,(H2,37,43)(H2,38,39,40,41)/t20-,21+. The molecule has 1 aliphatic heterocycles. The number of ether oxygens (including phenoxy) is 1. The van der Waals surface area contributed by atoms with Crippen LogP contribution in [0.3, 0.4) is 0 Å². The quantitative estimate of drug-likeness (QED) is 0.157. The van der Waals surface area contributed by atoms with Gasteiger partial charge in [-0.25, -0.2) is 4.98 Å². The van der Waals surface area contributed by atoms with Crippen molar-refractivity contribution in [2.45, 2.75) is 64.3 Å². The van der Waals surface area contributed by atoms with Gasteiger partial charge >= 0.3 is 13.8 Å². The molecule has 2 aromatic carbocycles. The van der Waals surface area contributed by atoms with Gasteiger partial charge in [0.15, 0.2) is 0 Å². The molecule has 0 spiro atoms. The van der Waals surface area contributed by atoms with Crippen molar-refractivity contribution in [3.8, 4) is 5.75 Å². The van der Waals surface area contributed by atoms with Crippen molar-refractivity contribution in [1.82, 2.24) is 14.9 Å². The van der Waals surface area contributed by atoms with Crippen molar-refractivity contribution in [3.05, 3.63) is 64.3 Å². The maximum atomic E-state index is 14.2. The number of nitrogens with zero attached hydrogens (tertiary/aromatic N) is 3. The second-order valence-electron chi connectivity index (χ2n) is 12.0. The summed E-state index contributed by atoms with van der Waals surface area (Å²) in [5, 5.41) is 5.69. The zero-order valence-electron chi connectivity index (χ0n) is 27.7. The minimum atomic E-state index is -4.81. The van der Waals surface area contributed by atoms with Gasteiger partial charge in [-0.1, -0.05) is 12.1 Å². The lowest BCUT2D eigenvalue weighted by atomic mass is 9.76. The molecule has 5 rings (SSSR count). The Bertz CT molecular complexity index is 1760. The van der Waals surface area contributed by atoms with Gasteiger partial charge in [0.25, 0.3) is 5.91 Å². The molecule has 49 heavy (non-hydrogen) atoms. The third kappa shape index (κ3) is 8.00. The number of methoxy groups -OCH3 is 1. The van der Waals surface area contributed by atoms with Gasteiger partial charge in [0.2, 0.25) is 11.9 Å². The number of carbonyl (C=O) groups excluding carboxylic acids is 2. The number of carbonyl (C=O) groups is 2. The van der Waals surface area contributed by atoms with Crippen LogP contribution >= 0.6 is 7.60 Å². The van der Waals surface area contributed by atoms with Crippen LogP contribution in [0.2, 0.25) is 0 Å². The van der Waals surface area contributed by atoms with Crippen molar-refractivity contribution in [3.63, 3.8) is 0 Å². The molecule has 1 fully saturated rings. The van der Waals surface area contributed by atoms with Crippen molar-refractivity contribution < 1.29 is 41.1 Å². The summed E-state index contributed by atoms with van der Waals surface area (Å²) in [6.07, 6.45) is -1.45. The van der Waals surface area contributed by atoms with Gasteiger partial charge < -0.3 is 35.1 Å². The number of anilines is 4. The van der Waals surface area contributed by atoms with Crippen LogP contribution in [-0.4, -0.2) is 54.1 Å². The fourth-order valence-electron chi connectivity index (χ4n) is 6.43. The van der Waals surface area contributed by atoms with Crippen LogP contribution < -0.4 is 21.1 Å². The molecule has 1 aliphatic carbocycles. The molecular formula is C33H40F3N6O6P. The maximum Gasteiger partial charge on any atom is 0.421 e. The summed E-state index contributed by atoms with van der Waals surface area (Å²) in [4.78, 5) is 34.6. The van der Waals surface area contributed by atoms with Gasteiger partial charge in [-0.3, -0.25) is 14.2 Å². The molecule has 2 amide bonds. The van der Waals surface area contributed by atoms with E-state index in [9.17, 15) is 27.3 Å². The highest BCUT2D eigenvalue weighted by Crippen LogP contribution is 2.52. The fourth-order valence-corrected chi connectivity index (χ4v) is 8.12. The van der Waals surface area contributed by atoms with Crippen LogP contribution in [0, 0.1) is 5.92 Å². The average molecular weight is 705 g/mol. The lowest BCUT2D eigenvalue weighted by molar-refractivity contribution is -0.137. The zero-order chi connectivity index (χ0) is 35.5. The Labute approximate surface area is 282 Å². The average Bonchev–Trinajstić information content (AvgIpc) is 3.35. The molecule has 0 atom stereocenters. The summed E-state index contributed by atoms with van der Waals surface area (Å²) < 4.78 is 71.9. The lowest BCUT2D eigenvalue weighted by Gasteiger charge is -2.28. The highest BCUT2D eigenvalue weighted by molar-refractivity contribution is 7.53. The number of nitrogens with two attached hydrogens (primary N) is 1. The first-order valence-corrected chi connectivity index (χ1v) is 17.7. The van der Waals surface area contributed by atoms with Crippen LogP contribution in [0.4, 0.5) is 36.3 Å². The summed E-state index contributed by atoms with van der Waals surface area (Å²) >= 11 is 0. The predicted octanol–water partition coefficient (Wildman–Crippen LogP) is 7.10. The number of hydrogen-bond acceptors (Lipinski definition) is 10. The molecule has 2 aliphatic rings. The number of benzene rings is 2. The molecule has 0 bridgehead atoms. The topological polar surface area (TPSA) is 158 Å². The smallest absolute Gasteiger partial charge is 0.421 e. The van der Waals surface area contributed by atoms with Crippen molar-refractivity contribution >= 4 is 42.6 Å². The summed E-state index contributed by atoms with van der Waals surface area (Å²) in [5.41, 5.74) is 7.47. The molecule has 1 saturated carbocycles. The number of alkyl halides is 3. The molecule has 16 heteroatoms. The van der Waals surface area contributed by atoms with E-state index in [1.165, 1.54) is 12.0 Å². The van der Waals surface area contributed by atoms with Crippen LogP contribution in [0.1, 0.15) is 78.1 Å². The van der Waals surface area contributed by atoms with E-state index in [2.05, 4.69) is 20.6 Å². The van der Waals surface area contributed by atoms with E-state index in [4.69, 9.17) is 19.5 Å². The predicted molar refractivity (Wildman–Crippen MR) is 177 cm³/mol. The normalized spacial score (nSPS) is 17.9. The SMILES string of the molecule is CCOP(=O)(Cc1ccc(Nc2ncc(C(F)(F)F)c(Nc3ccc([C@H]4CC[C@@H](C(N)=O)CC4)c4c3C(=O)N(C)C4)n2)c(OC)c1)OCC. The zero-order valence-corrected chi connectivity index (χ0v) is 28.6. The Morgan fingerprint density at radius 1 is 1.06 bits per heavy atom. The number of halogens is 3. The Balaban J connectivity index is 1.45. The number of amides is 2. The van der Waals surface area contributed by atoms with E-state index in [0.29, 0.717) is 55.4 Å². The molecule has 264 valence electrons. The van der Waals surface area contributed by atoms with Gasteiger partial charge in [0.1, 0.15) is 17.1 Å². The summed E-state index contributed by atoms with van der Waals surface area (Å²) in [6, 6.07) is 8.31. The van der Waals surface area contributed by atoms with E-state index >= 15 is 0 Å². The van der Waals surface area contributed by atoms with E-state index in [1.54, 1.807) is 45.2 Å². The molecule has 1 aromatic heterocycles. The summed E-state index contributed by atoms with van der Waals surface area (Å²) in [6.45, 7) is 4.13. The van der Waals surface area contributed by atoms with Gasteiger partial charge in [-0.15, -0.1) is 0 Å². The van der Waals surface area contributed by atoms with Crippen LogP contribution in [-0.2, 0) is 37.3 Å². The second-order valence-corrected chi connectivity index (χ2v) is 14.1. The number of hydrogen-bond donors (Lipinski definition) is 3. The van der Waals surface area contributed by atoms with E-state index in [-0.39, 0.29) is 60.2 Å². The van der Waals surface area contributed by atoms with Gasteiger partial charge in [0.05, 0.1) is 43.4 Å². The highest BCUT2D eigenvalue weighted by Gasteiger charge is 2.38. The number of aromatic nitrogens is 2. The number of primary amides is 1. The molecule has 0 saturated heterocycles. The van der Waals surface area contributed by atoms with Crippen molar-refractivity contribution in [2.75, 3.05) is 38.0 Å². The monoisotopic (exact) mass is 704 g/mol. The minimum absolute atomic E-state index is 0.0121. The minimum Gasteiger partial charge on any atom is -0.495 e. The van der Waals surface area contributed by atoms with E-state index < -0.39 is 25.2 Å². The maximum absolute atomic E-state index is 14.2. The second kappa shape index (κ2) is 14.7. The summed E-state index contributed by atoms with van der Waals surface area (Å²) in [7, 11) is -0.354. The molecule has 3 aromatic rings. The van der Waals surface area contributed by atoms with Crippen LogP contribution in [0.25, 0.3) is 0 Å². The van der Waals surface area contributed by atoms with Crippen molar-refractivity contribution in [1.29, 1.82) is 0 Å². The van der Waals surface area contributed by atoms with Crippen molar-refractivity contribution in [2.24, 2.45) is 11.7 Å². The Hall–Kier alpha value is -4.20. The Kier molecular flexibility index (Phi) is 10.9. The molecule has 0 unspecified atom stereocenters. The molecular weight excluding hydrogens is 664 g/mol.